The molecular formula is C15H17N5O6S2. The number of nitrogens with two attached hydrogens (primary N) is 1. The van der Waals surface area contributed by atoms with Gasteiger partial charge in [0.05, 0.1) is 6.61 Å². The highest BCUT2D eigenvalue weighted by molar-refractivity contribution is 8.00. The highest BCUT2D eigenvalue weighted by atomic mass is 32.2. The first kappa shape index (κ1) is 20.1. The Labute approximate surface area is 167 Å². The Morgan fingerprint density at radius 3 is 2.86 bits per heavy atom. The van der Waals surface area contributed by atoms with Gasteiger partial charge in [0, 0.05) is 11.1 Å². The fourth-order valence-corrected chi connectivity index (χ4v) is 4.63. The lowest BCUT2D eigenvalue weighted by Crippen LogP contribution is -2.71. The van der Waals surface area contributed by atoms with Crippen LogP contribution in [0.1, 0.15) is 12.6 Å². The zero-order valence-electron chi connectivity index (χ0n) is 14.6. The molecule has 2 atom stereocenters. The summed E-state index contributed by atoms with van der Waals surface area (Å²) >= 11 is 2.38. The summed E-state index contributed by atoms with van der Waals surface area (Å²) in [5.74, 6) is -2.33. The lowest BCUT2D eigenvalue weighted by Gasteiger charge is -2.49. The van der Waals surface area contributed by atoms with Crippen LogP contribution in [0.4, 0.5) is 5.13 Å². The molecule has 1 aromatic rings. The second kappa shape index (κ2) is 8.16. The van der Waals surface area contributed by atoms with Crippen LogP contribution in [-0.4, -0.2) is 74.0 Å². The van der Waals surface area contributed by atoms with Gasteiger partial charge in [0.15, 0.2) is 10.8 Å². The minimum Gasteiger partial charge on any atom is -0.477 e. The maximum absolute atomic E-state index is 12.7. The van der Waals surface area contributed by atoms with E-state index in [1.54, 1.807) is 6.92 Å². The number of carbonyl (C=O) groups excluding carboxylic acids is 2. The number of oxime groups is 1. The molecular weight excluding hydrogens is 410 g/mol. The fraction of sp³-hybridized carbons (Fsp3) is 0.400. The van der Waals surface area contributed by atoms with Gasteiger partial charge in [0.1, 0.15) is 29.4 Å². The molecule has 0 bridgehead atoms. The lowest BCUT2D eigenvalue weighted by molar-refractivity contribution is -0.150. The molecule has 1 fully saturated rings. The molecule has 150 valence electrons. The summed E-state index contributed by atoms with van der Waals surface area (Å²) < 4.78 is 0. The van der Waals surface area contributed by atoms with Gasteiger partial charge in [-0.05, 0) is 12.5 Å². The van der Waals surface area contributed by atoms with Gasteiger partial charge in [-0.25, -0.2) is 9.78 Å². The van der Waals surface area contributed by atoms with E-state index >= 15 is 0 Å². The highest BCUT2D eigenvalue weighted by Gasteiger charge is 2.54. The minimum atomic E-state index is -1.30. The molecule has 5 N–H and O–H groups in total. The number of nitrogen functional groups attached to an aromatic ring is 1. The van der Waals surface area contributed by atoms with Gasteiger partial charge < -0.3 is 26.1 Å². The summed E-state index contributed by atoms with van der Waals surface area (Å²) in [7, 11) is 0. The number of fused-ring (bicyclic) bond motifs is 1. The number of hydrogen-bond acceptors (Lipinski definition) is 10. The van der Waals surface area contributed by atoms with E-state index in [9.17, 15) is 24.6 Å². The van der Waals surface area contributed by atoms with Gasteiger partial charge in [-0.2, -0.15) is 0 Å². The van der Waals surface area contributed by atoms with Gasteiger partial charge in [0.25, 0.3) is 11.8 Å². The number of β-lactam (4-membered cyclic amide) rings is 1. The van der Waals surface area contributed by atoms with Crippen molar-refractivity contribution in [3.63, 3.8) is 0 Å². The molecule has 13 heteroatoms. The van der Waals surface area contributed by atoms with E-state index in [-0.39, 0.29) is 40.2 Å². The molecule has 3 heterocycles. The third kappa shape index (κ3) is 3.55. The maximum atomic E-state index is 12.7. The molecule has 0 aromatic carbocycles. The van der Waals surface area contributed by atoms with Crippen molar-refractivity contribution >= 4 is 51.7 Å². The minimum absolute atomic E-state index is 0.132. The van der Waals surface area contributed by atoms with E-state index in [2.05, 4.69) is 15.5 Å². The molecule has 0 saturated carbocycles. The van der Waals surface area contributed by atoms with Gasteiger partial charge in [-0.3, -0.25) is 14.5 Å². The number of aromatic nitrogens is 1. The smallest absolute Gasteiger partial charge is 0.352 e. The van der Waals surface area contributed by atoms with Crippen molar-refractivity contribution in [1.82, 2.24) is 15.2 Å². The average molecular weight is 427 g/mol. The maximum Gasteiger partial charge on any atom is 0.352 e. The third-order valence-corrected chi connectivity index (χ3v) is 6.01. The Morgan fingerprint density at radius 1 is 1.54 bits per heavy atom. The first-order valence-electron chi connectivity index (χ1n) is 8.12. The summed E-state index contributed by atoms with van der Waals surface area (Å²) in [5.41, 5.74) is 5.69. The molecule has 2 amide bonds. The Hall–Kier alpha value is -2.64. The number of aliphatic carboxylic acids is 1. The van der Waals surface area contributed by atoms with Crippen LogP contribution in [0.5, 0.6) is 0 Å². The average Bonchev–Trinajstić information content (AvgIpc) is 3.10. The van der Waals surface area contributed by atoms with Crippen LogP contribution in [-0.2, 0) is 19.2 Å². The number of nitrogens with one attached hydrogen (secondary N) is 1. The number of thioether (sulfide) groups is 1. The van der Waals surface area contributed by atoms with E-state index in [0.717, 1.165) is 16.2 Å². The van der Waals surface area contributed by atoms with Gasteiger partial charge >= 0.3 is 5.97 Å². The number of rotatable bonds is 7. The summed E-state index contributed by atoms with van der Waals surface area (Å²) in [5, 5.41) is 26.2. The summed E-state index contributed by atoms with van der Waals surface area (Å²) in [4.78, 5) is 46.7. The number of amides is 2. The van der Waals surface area contributed by atoms with E-state index in [0.29, 0.717) is 0 Å². The fourth-order valence-electron chi connectivity index (χ4n) is 2.74. The molecule has 2 aliphatic rings. The Balaban J connectivity index is 1.79. The van der Waals surface area contributed by atoms with E-state index in [4.69, 9.17) is 10.6 Å². The van der Waals surface area contributed by atoms with E-state index in [1.807, 2.05) is 0 Å². The van der Waals surface area contributed by atoms with Crippen LogP contribution in [0, 0.1) is 0 Å². The Morgan fingerprint density at radius 2 is 2.29 bits per heavy atom. The quantitative estimate of drug-likeness (QED) is 0.247. The van der Waals surface area contributed by atoms with Crippen molar-refractivity contribution in [2.45, 2.75) is 18.3 Å². The monoisotopic (exact) mass is 427 g/mol. The zero-order chi connectivity index (χ0) is 20.4. The molecule has 0 spiro atoms. The van der Waals surface area contributed by atoms with Crippen molar-refractivity contribution in [1.29, 1.82) is 0 Å². The molecule has 3 rings (SSSR count). The number of anilines is 1. The molecule has 1 aromatic heterocycles. The molecule has 0 radical (unpaired) electrons. The van der Waals surface area contributed by atoms with E-state index in [1.165, 1.54) is 17.1 Å². The van der Waals surface area contributed by atoms with Crippen LogP contribution in [0.25, 0.3) is 0 Å². The highest BCUT2D eigenvalue weighted by Crippen LogP contribution is 2.40. The first-order chi connectivity index (χ1) is 13.4. The van der Waals surface area contributed by atoms with Crippen molar-refractivity contribution < 1.29 is 29.4 Å². The zero-order valence-corrected chi connectivity index (χ0v) is 16.2. The number of carbonyl (C=O) groups is 3. The normalized spacial score (nSPS) is 21.9. The molecule has 1 saturated heterocycles. The van der Waals surface area contributed by atoms with Crippen molar-refractivity contribution in [3.8, 4) is 0 Å². The largest absolute Gasteiger partial charge is 0.477 e. The van der Waals surface area contributed by atoms with Crippen LogP contribution < -0.4 is 11.1 Å². The predicted molar refractivity (Wildman–Crippen MR) is 101 cm³/mol. The molecule has 11 nitrogen and oxygen atoms in total. The standard InChI is InChI=1S/C15H17N5O6S2/c1-2-26-19-8(7-5-28-15(16)17-7)11(22)18-9-12(23)20-10(14(24)25)6(3-21)4-27-13(9)20/h5,9,13,21H,2-4H2,1H3,(H2,16,17)(H,18,22)(H,24,25)/b19-8-/t9-,13+/m1/s1. The van der Waals surface area contributed by atoms with Crippen molar-refractivity contribution in [2.24, 2.45) is 5.16 Å². The first-order valence-corrected chi connectivity index (χ1v) is 10.0. The van der Waals surface area contributed by atoms with E-state index < -0.39 is 35.8 Å². The van der Waals surface area contributed by atoms with Crippen LogP contribution in [0.2, 0.25) is 0 Å². The summed E-state index contributed by atoms with van der Waals surface area (Å²) in [6.07, 6.45) is 0. The number of carboxylic acids is 1. The number of thiazole rings is 1. The van der Waals surface area contributed by atoms with Crippen LogP contribution in [0.3, 0.4) is 0 Å². The van der Waals surface area contributed by atoms with Crippen molar-refractivity contribution in [3.05, 3.63) is 22.3 Å². The third-order valence-electron chi connectivity index (χ3n) is 3.99. The van der Waals surface area contributed by atoms with Crippen LogP contribution in [0.15, 0.2) is 21.8 Å². The van der Waals surface area contributed by atoms with Gasteiger partial charge in [-0.15, -0.1) is 23.1 Å². The van der Waals surface area contributed by atoms with Crippen molar-refractivity contribution in [2.75, 3.05) is 24.7 Å². The second-order valence-electron chi connectivity index (χ2n) is 5.71. The number of aliphatic hydroxyl groups excluding tert-OH is 1. The summed E-state index contributed by atoms with van der Waals surface area (Å²) in [6, 6.07) is -0.935. The second-order valence-corrected chi connectivity index (χ2v) is 7.70. The summed E-state index contributed by atoms with van der Waals surface area (Å²) in [6.45, 7) is 1.46. The Kier molecular flexibility index (Phi) is 5.86. The number of aliphatic hydroxyl groups is 1. The molecule has 2 aliphatic heterocycles. The topological polar surface area (TPSA) is 167 Å². The van der Waals surface area contributed by atoms with Gasteiger partial charge in [0.2, 0.25) is 0 Å². The van der Waals surface area contributed by atoms with Gasteiger partial charge in [-0.1, -0.05) is 5.16 Å². The number of nitrogens with zero attached hydrogens (tertiary/aromatic N) is 3. The predicted octanol–water partition coefficient (Wildman–Crippen LogP) is -0.803. The molecule has 28 heavy (non-hydrogen) atoms. The lowest BCUT2D eigenvalue weighted by atomic mass is 10.0. The number of carboxylic acid groups (broad SMARTS) is 1. The molecule has 0 aliphatic carbocycles. The molecule has 0 unspecified atom stereocenters. The number of hydrogen-bond donors (Lipinski definition) is 4. The van der Waals surface area contributed by atoms with Crippen LogP contribution >= 0.6 is 23.1 Å². The SMILES string of the molecule is CCO/N=C(\C(=O)N[C@@H]1C(=O)N2C(C(=O)O)=C(CO)CS[C@@H]12)c1csc(N)n1. The Bertz CT molecular complexity index is 882.